The number of likely N-dealkylation sites (N-methyl/N-ethyl adjacent to an activating group) is 1. The maximum absolute atomic E-state index is 12.1. The third kappa shape index (κ3) is 2.09. The number of nitrogens with zero attached hydrogens (tertiary/aromatic N) is 2. The zero-order valence-electron chi connectivity index (χ0n) is 10.3. The molecule has 0 radical (unpaired) electrons. The molecule has 0 saturated carbocycles. The Kier molecular flexibility index (Phi) is 2.76. The van der Waals surface area contributed by atoms with Crippen LogP contribution in [0, 0.1) is 0 Å². The van der Waals surface area contributed by atoms with E-state index < -0.39 is 0 Å². The molecule has 1 amide bonds. The molecule has 1 aliphatic rings. The summed E-state index contributed by atoms with van der Waals surface area (Å²) in [5.41, 5.74) is 2.46. The number of nitrogens with one attached hydrogen (secondary N) is 2. The van der Waals surface area contributed by atoms with Gasteiger partial charge in [-0.3, -0.25) is 4.79 Å². The van der Waals surface area contributed by atoms with Crippen LogP contribution in [-0.4, -0.2) is 47.0 Å². The molecule has 2 N–H and O–H groups in total. The van der Waals surface area contributed by atoms with Gasteiger partial charge in [-0.2, -0.15) is 0 Å². The van der Waals surface area contributed by atoms with Crippen LogP contribution in [0.15, 0.2) is 24.5 Å². The third-order valence-electron chi connectivity index (χ3n) is 3.41. The van der Waals surface area contributed by atoms with E-state index in [4.69, 9.17) is 0 Å². The van der Waals surface area contributed by atoms with Crippen LogP contribution in [0.3, 0.4) is 0 Å². The standard InChI is InChI=1S/C13H16N4O/c1-17-5-4-10(7-17)16-13(18)9-2-3-11-12(6-9)15-8-14-11/h2-3,6,8,10H,4-5,7H2,1H3,(H,14,15)(H,16,18)/t10-/m1/s1. The average Bonchev–Trinajstić information content (AvgIpc) is 2.96. The summed E-state index contributed by atoms with van der Waals surface area (Å²) in [5.74, 6) is -0.00759. The minimum absolute atomic E-state index is 0.00759. The van der Waals surface area contributed by atoms with Crippen LogP contribution in [0.4, 0.5) is 0 Å². The van der Waals surface area contributed by atoms with Crippen molar-refractivity contribution in [1.82, 2.24) is 20.2 Å². The lowest BCUT2D eigenvalue weighted by molar-refractivity contribution is 0.0938. The van der Waals surface area contributed by atoms with Crippen molar-refractivity contribution in [1.29, 1.82) is 0 Å². The van der Waals surface area contributed by atoms with Gasteiger partial charge in [0.05, 0.1) is 17.4 Å². The van der Waals surface area contributed by atoms with E-state index in [-0.39, 0.29) is 11.9 Å². The van der Waals surface area contributed by atoms with Crippen molar-refractivity contribution in [2.75, 3.05) is 20.1 Å². The summed E-state index contributed by atoms with van der Waals surface area (Å²) in [6, 6.07) is 5.79. The van der Waals surface area contributed by atoms with Crippen LogP contribution in [0.5, 0.6) is 0 Å². The third-order valence-corrected chi connectivity index (χ3v) is 3.41. The molecule has 1 aromatic heterocycles. The summed E-state index contributed by atoms with van der Waals surface area (Å²) in [5, 5.41) is 3.07. The highest BCUT2D eigenvalue weighted by Crippen LogP contribution is 2.13. The molecular weight excluding hydrogens is 228 g/mol. The first kappa shape index (κ1) is 11.2. The number of H-pyrrole nitrogens is 1. The maximum Gasteiger partial charge on any atom is 0.251 e. The quantitative estimate of drug-likeness (QED) is 0.828. The van der Waals surface area contributed by atoms with Crippen LogP contribution < -0.4 is 5.32 Å². The second-order valence-electron chi connectivity index (χ2n) is 4.86. The minimum atomic E-state index is -0.00759. The minimum Gasteiger partial charge on any atom is -0.348 e. The second kappa shape index (κ2) is 4.42. The Labute approximate surface area is 105 Å². The lowest BCUT2D eigenvalue weighted by Gasteiger charge is -2.12. The number of fused-ring (bicyclic) bond motifs is 1. The van der Waals surface area contributed by atoms with Crippen LogP contribution in [0.1, 0.15) is 16.8 Å². The zero-order chi connectivity index (χ0) is 12.5. The van der Waals surface area contributed by atoms with E-state index in [1.54, 1.807) is 6.33 Å². The van der Waals surface area contributed by atoms with Gasteiger partial charge in [0.2, 0.25) is 0 Å². The highest BCUT2D eigenvalue weighted by atomic mass is 16.1. The SMILES string of the molecule is CN1CC[C@@H](NC(=O)c2ccc3nc[nH]c3c2)C1. The molecule has 0 aliphatic carbocycles. The number of carbonyl (C=O) groups excluding carboxylic acids is 1. The second-order valence-corrected chi connectivity index (χ2v) is 4.86. The molecule has 5 heteroatoms. The lowest BCUT2D eigenvalue weighted by Crippen LogP contribution is -2.36. The highest BCUT2D eigenvalue weighted by Gasteiger charge is 2.21. The Morgan fingerprint density at radius 3 is 3.22 bits per heavy atom. The summed E-state index contributed by atoms with van der Waals surface area (Å²) in [6.07, 6.45) is 2.66. The molecule has 1 aliphatic heterocycles. The van der Waals surface area contributed by atoms with Crippen LogP contribution in [0.25, 0.3) is 11.0 Å². The molecular formula is C13H16N4O. The summed E-state index contributed by atoms with van der Waals surface area (Å²) >= 11 is 0. The number of amides is 1. The highest BCUT2D eigenvalue weighted by molar-refractivity contribution is 5.97. The molecule has 1 aromatic carbocycles. The van der Waals surface area contributed by atoms with Crippen molar-refractivity contribution in [3.8, 4) is 0 Å². The molecule has 0 spiro atoms. The van der Waals surface area contributed by atoms with E-state index in [1.807, 2.05) is 18.2 Å². The van der Waals surface area contributed by atoms with Crippen molar-refractivity contribution < 1.29 is 4.79 Å². The molecule has 3 rings (SSSR count). The Hall–Kier alpha value is -1.88. The fourth-order valence-electron chi connectivity index (χ4n) is 2.40. The van der Waals surface area contributed by atoms with Crippen molar-refractivity contribution in [2.45, 2.75) is 12.5 Å². The van der Waals surface area contributed by atoms with Gasteiger partial charge in [-0.05, 0) is 38.2 Å². The number of benzene rings is 1. The predicted octanol–water partition coefficient (Wildman–Crippen LogP) is 0.997. The molecule has 0 unspecified atom stereocenters. The Bertz CT molecular complexity index is 577. The Morgan fingerprint density at radius 2 is 2.44 bits per heavy atom. The summed E-state index contributed by atoms with van der Waals surface area (Å²) < 4.78 is 0. The molecule has 18 heavy (non-hydrogen) atoms. The maximum atomic E-state index is 12.1. The van der Waals surface area contributed by atoms with Gasteiger partial charge in [-0.25, -0.2) is 4.98 Å². The number of aromatic amines is 1. The zero-order valence-corrected chi connectivity index (χ0v) is 10.3. The molecule has 5 nitrogen and oxygen atoms in total. The van der Waals surface area contributed by atoms with Gasteiger partial charge >= 0.3 is 0 Å². The van der Waals surface area contributed by atoms with E-state index >= 15 is 0 Å². The number of imidazole rings is 1. The molecule has 1 saturated heterocycles. The fraction of sp³-hybridized carbons (Fsp3) is 0.385. The largest absolute Gasteiger partial charge is 0.348 e. The van der Waals surface area contributed by atoms with E-state index in [2.05, 4.69) is 27.2 Å². The van der Waals surface area contributed by atoms with E-state index in [1.165, 1.54) is 0 Å². The van der Waals surface area contributed by atoms with Gasteiger partial charge in [0, 0.05) is 18.2 Å². The summed E-state index contributed by atoms with van der Waals surface area (Å²) in [4.78, 5) is 21.5. The normalized spacial score (nSPS) is 20.4. The van der Waals surface area contributed by atoms with Crippen molar-refractivity contribution in [3.63, 3.8) is 0 Å². The number of likely N-dealkylation sites (tertiary alicyclic amines) is 1. The number of rotatable bonds is 2. The van der Waals surface area contributed by atoms with Crippen LogP contribution in [0.2, 0.25) is 0 Å². The van der Waals surface area contributed by atoms with Gasteiger partial charge in [-0.15, -0.1) is 0 Å². The molecule has 1 atom stereocenters. The predicted molar refractivity (Wildman–Crippen MR) is 69.5 cm³/mol. The van der Waals surface area contributed by atoms with E-state index in [9.17, 15) is 4.79 Å². The van der Waals surface area contributed by atoms with Crippen molar-refractivity contribution >= 4 is 16.9 Å². The van der Waals surface area contributed by atoms with Crippen molar-refractivity contribution in [2.24, 2.45) is 0 Å². The number of carbonyl (C=O) groups is 1. The summed E-state index contributed by atoms with van der Waals surface area (Å²) in [7, 11) is 2.07. The van der Waals surface area contributed by atoms with Gasteiger partial charge < -0.3 is 15.2 Å². The Morgan fingerprint density at radius 1 is 1.56 bits per heavy atom. The van der Waals surface area contributed by atoms with E-state index in [0.29, 0.717) is 5.56 Å². The van der Waals surface area contributed by atoms with Gasteiger partial charge in [0.15, 0.2) is 0 Å². The summed E-state index contributed by atoms with van der Waals surface area (Å²) in [6.45, 7) is 1.97. The lowest BCUT2D eigenvalue weighted by atomic mass is 10.1. The smallest absolute Gasteiger partial charge is 0.251 e. The van der Waals surface area contributed by atoms with Gasteiger partial charge in [0.1, 0.15) is 0 Å². The number of hydrogen-bond acceptors (Lipinski definition) is 3. The van der Waals surface area contributed by atoms with Gasteiger partial charge in [0.25, 0.3) is 5.91 Å². The first-order valence-corrected chi connectivity index (χ1v) is 6.15. The average molecular weight is 244 g/mol. The molecule has 1 fully saturated rings. The van der Waals surface area contributed by atoms with E-state index in [0.717, 1.165) is 30.5 Å². The molecule has 94 valence electrons. The Balaban J connectivity index is 1.75. The van der Waals surface area contributed by atoms with Crippen molar-refractivity contribution in [3.05, 3.63) is 30.1 Å². The molecule has 2 heterocycles. The molecule has 0 bridgehead atoms. The monoisotopic (exact) mass is 244 g/mol. The first-order chi connectivity index (χ1) is 8.72. The van der Waals surface area contributed by atoms with Crippen LogP contribution >= 0.6 is 0 Å². The fourth-order valence-corrected chi connectivity index (χ4v) is 2.40. The molecule has 2 aromatic rings. The number of hydrogen-bond donors (Lipinski definition) is 2. The van der Waals surface area contributed by atoms with Crippen LogP contribution in [-0.2, 0) is 0 Å². The number of aromatic nitrogens is 2. The van der Waals surface area contributed by atoms with Gasteiger partial charge in [-0.1, -0.05) is 0 Å². The topological polar surface area (TPSA) is 61.0 Å². The first-order valence-electron chi connectivity index (χ1n) is 6.15.